The van der Waals surface area contributed by atoms with Crippen LogP contribution in [0.25, 0.3) is 0 Å². The van der Waals surface area contributed by atoms with E-state index in [-0.39, 0.29) is 58.6 Å². The lowest BCUT2D eigenvalue weighted by atomic mass is 9.43. The van der Waals surface area contributed by atoms with Crippen LogP contribution in [0.1, 0.15) is 98.8 Å². The Bertz CT molecular complexity index is 933. The Kier molecular flexibility index (Phi) is 5.60. The molecule has 7 unspecified atom stereocenters. The van der Waals surface area contributed by atoms with Crippen LogP contribution in [0.15, 0.2) is 11.1 Å². The molecule has 4 aliphatic carbocycles. The van der Waals surface area contributed by atoms with Crippen molar-refractivity contribution in [2.24, 2.45) is 33.5 Å². The van der Waals surface area contributed by atoms with E-state index in [9.17, 15) is 19.8 Å². The molecule has 34 heavy (non-hydrogen) atoms. The summed E-state index contributed by atoms with van der Waals surface area (Å²) >= 11 is 0. The average Bonchev–Trinajstić information content (AvgIpc) is 3.29. The molecule has 1 spiro atoms. The lowest BCUT2D eigenvalue weighted by Crippen LogP contribution is -2.60. The molecule has 0 bridgehead atoms. The van der Waals surface area contributed by atoms with Crippen LogP contribution in [0.5, 0.6) is 0 Å². The molecule has 7 atom stereocenters. The van der Waals surface area contributed by atoms with Gasteiger partial charge in [0, 0.05) is 18.3 Å². The van der Waals surface area contributed by atoms with E-state index in [1.54, 1.807) is 5.57 Å². The van der Waals surface area contributed by atoms with Gasteiger partial charge in [0.1, 0.15) is 11.9 Å². The third-order valence-corrected chi connectivity index (χ3v) is 12.3. The number of aliphatic hydroxyl groups is 2. The summed E-state index contributed by atoms with van der Waals surface area (Å²) in [5.41, 5.74) is 1.63. The van der Waals surface area contributed by atoms with Crippen LogP contribution in [0.2, 0.25) is 0 Å². The largest absolute Gasteiger partial charge is 0.395 e. The van der Waals surface area contributed by atoms with Crippen LogP contribution in [0.3, 0.4) is 0 Å². The van der Waals surface area contributed by atoms with Gasteiger partial charge in [0.15, 0.2) is 5.78 Å². The number of hydrogen-bond acceptors (Lipinski definition) is 5. The minimum Gasteiger partial charge on any atom is -0.395 e. The molecule has 5 aliphatic rings. The summed E-state index contributed by atoms with van der Waals surface area (Å²) in [6, 6.07) is 0. The summed E-state index contributed by atoms with van der Waals surface area (Å²) in [7, 11) is 0. The fourth-order valence-electron chi connectivity index (χ4n) is 9.97. The van der Waals surface area contributed by atoms with Gasteiger partial charge in [-0.05, 0) is 74.0 Å². The van der Waals surface area contributed by atoms with E-state index in [1.165, 1.54) is 5.57 Å². The van der Waals surface area contributed by atoms with Crippen molar-refractivity contribution in [1.82, 2.24) is 0 Å². The summed E-state index contributed by atoms with van der Waals surface area (Å²) in [4.78, 5) is 25.6. The number of ether oxygens (including phenoxy) is 1. The summed E-state index contributed by atoms with van der Waals surface area (Å²) in [6.45, 7) is 10.9. The molecule has 2 saturated carbocycles. The van der Waals surface area contributed by atoms with E-state index in [2.05, 4.69) is 27.7 Å². The number of rotatable bonds is 4. The molecule has 0 radical (unpaired) electrons. The molecule has 5 nitrogen and oxygen atoms in total. The molecule has 1 saturated heterocycles. The molecule has 0 aromatic rings. The number of hydrogen-bond donors (Lipinski definition) is 2. The molecule has 190 valence electrons. The molecule has 5 heteroatoms. The Balaban J connectivity index is 1.57. The van der Waals surface area contributed by atoms with Crippen molar-refractivity contribution in [1.29, 1.82) is 0 Å². The SMILES string of the molecule is CCC(=O)C1CC(C)C2(CCC3(C)C4=C(CCC32C)C2(C)CCC(=O)C(CO)(CO)C2CC4)O1. The van der Waals surface area contributed by atoms with E-state index in [4.69, 9.17) is 4.74 Å². The van der Waals surface area contributed by atoms with E-state index in [0.717, 1.165) is 51.4 Å². The van der Waals surface area contributed by atoms with Crippen LogP contribution >= 0.6 is 0 Å². The van der Waals surface area contributed by atoms with Crippen molar-refractivity contribution < 1.29 is 24.5 Å². The van der Waals surface area contributed by atoms with Gasteiger partial charge in [-0.2, -0.15) is 0 Å². The zero-order valence-corrected chi connectivity index (χ0v) is 21.8. The lowest BCUT2D eigenvalue weighted by molar-refractivity contribution is -0.164. The van der Waals surface area contributed by atoms with Crippen molar-refractivity contribution >= 4 is 11.6 Å². The first-order valence-electron chi connectivity index (χ1n) is 13.7. The Morgan fingerprint density at radius 2 is 1.71 bits per heavy atom. The van der Waals surface area contributed by atoms with Crippen LogP contribution in [-0.4, -0.2) is 46.7 Å². The fourth-order valence-corrected chi connectivity index (χ4v) is 9.97. The second kappa shape index (κ2) is 7.73. The quantitative estimate of drug-likeness (QED) is 0.576. The van der Waals surface area contributed by atoms with Crippen molar-refractivity contribution in [3.63, 3.8) is 0 Å². The number of ketones is 2. The van der Waals surface area contributed by atoms with Crippen LogP contribution in [0.4, 0.5) is 0 Å². The topological polar surface area (TPSA) is 83.8 Å². The highest BCUT2D eigenvalue weighted by Crippen LogP contribution is 2.75. The van der Waals surface area contributed by atoms with Gasteiger partial charge in [-0.3, -0.25) is 9.59 Å². The monoisotopic (exact) mass is 472 g/mol. The smallest absolute Gasteiger partial charge is 0.161 e. The Labute approximate surface area is 204 Å². The lowest BCUT2D eigenvalue weighted by Gasteiger charge is -2.62. The number of carbonyl (C=O) groups is 2. The Hall–Kier alpha value is -1.04. The summed E-state index contributed by atoms with van der Waals surface area (Å²) in [6.07, 6.45) is 8.22. The van der Waals surface area contributed by atoms with Crippen LogP contribution < -0.4 is 0 Å². The molecule has 0 aromatic heterocycles. The number of aliphatic hydroxyl groups excluding tert-OH is 2. The Morgan fingerprint density at radius 1 is 1.00 bits per heavy atom. The van der Waals surface area contributed by atoms with Gasteiger partial charge in [-0.25, -0.2) is 0 Å². The standard InChI is InChI=1S/C29H44O5/c1-6-21(32)22-15-18(2)29(34-22)14-13-26(4)20-7-8-23-25(3,19(20)9-12-27(26,29)5)11-10-24(33)28(23,16-30)17-31/h18,22-23,30-31H,6-17H2,1-5H3. The minimum atomic E-state index is -1.01. The molecule has 2 N–H and O–H groups in total. The highest BCUT2D eigenvalue weighted by atomic mass is 16.5. The molecule has 0 amide bonds. The van der Waals surface area contributed by atoms with Gasteiger partial charge in [0.2, 0.25) is 0 Å². The molecular weight excluding hydrogens is 428 g/mol. The average molecular weight is 473 g/mol. The molecule has 3 fully saturated rings. The third-order valence-electron chi connectivity index (χ3n) is 12.3. The van der Waals surface area contributed by atoms with Gasteiger partial charge in [-0.1, -0.05) is 45.8 Å². The molecule has 1 heterocycles. The van der Waals surface area contributed by atoms with Gasteiger partial charge in [0.25, 0.3) is 0 Å². The zero-order valence-electron chi connectivity index (χ0n) is 21.8. The second-order valence-electron chi connectivity index (χ2n) is 13.0. The molecule has 5 rings (SSSR count). The number of fused-ring (bicyclic) bond motifs is 5. The van der Waals surface area contributed by atoms with E-state index in [1.807, 2.05) is 6.92 Å². The van der Waals surface area contributed by atoms with E-state index < -0.39 is 5.41 Å². The van der Waals surface area contributed by atoms with Crippen LogP contribution in [0, 0.1) is 33.5 Å². The number of allylic oxidation sites excluding steroid dienone is 2. The molecule has 1 aliphatic heterocycles. The normalized spacial score (nSPS) is 47.5. The Morgan fingerprint density at radius 3 is 2.35 bits per heavy atom. The predicted octanol–water partition coefficient (Wildman–Crippen LogP) is 4.78. The van der Waals surface area contributed by atoms with Crippen molar-refractivity contribution in [3.8, 4) is 0 Å². The third kappa shape index (κ3) is 2.67. The van der Waals surface area contributed by atoms with E-state index in [0.29, 0.717) is 18.8 Å². The number of carbonyl (C=O) groups excluding carboxylic acids is 2. The molecule has 0 aromatic carbocycles. The van der Waals surface area contributed by atoms with Gasteiger partial charge >= 0.3 is 0 Å². The summed E-state index contributed by atoms with van der Waals surface area (Å²) in [5.74, 6) is 0.626. The maximum atomic E-state index is 13.0. The second-order valence-corrected chi connectivity index (χ2v) is 13.0. The number of Topliss-reactive ketones (excluding diaryl/α,β-unsaturated/α-hetero) is 2. The first-order chi connectivity index (χ1) is 16.0. The van der Waals surface area contributed by atoms with Crippen molar-refractivity contribution in [3.05, 3.63) is 11.1 Å². The summed E-state index contributed by atoms with van der Waals surface area (Å²) < 4.78 is 6.82. The molecular formula is C29H44O5. The van der Waals surface area contributed by atoms with Crippen LogP contribution in [-0.2, 0) is 14.3 Å². The van der Waals surface area contributed by atoms with Gasteiger partial charge in [0.05, 0.1) is 24.2 Å². The highest BCUT2D eigenvalue weighted by Gasteiger charge is 2.72. The first-order valence-corrected chi connectivity index (χ1v) is 13.7. The minimum absolute atomic E-state index is 0.00784. The maximum absolute atomic E-state index is 13.0. The van der Waals surface area contributed by atoms with Crippen molar-refractivity contribution in [2.45, 2.75) is 111 Å². The fraction of sp³-hybridized carbons (Fsp3) is 0.862. The summed E-state index contributed by atoms with van der Waals surface area (Å²) in [5, 5.41) is 20.6. The first kappa shape index (κ1) is 24.6. The van der Waals surface area contributed by atoms with Crippen molar-refractivity contribution in [2.75, 3.05) is 13.2 Å². The van der Waals surface area contributed by atoms with Gasteiger partial charge < -0.3 is 14.9 Å². The van der Waals surface area contributed by atoms with Gasteiger partial charge in [-0.15, -0.1) is 0 Å². The van der Waals surface area contributed by atoms with E-state index >= 15 is 0 Å². The zero-order chi connectivity index (χ0) is 24.7. The highest BCUT2D eigenvalue weighted by molar-refractivity contribution is 5.87. The predicted molar refractivity (Wildman–Crippen MR) is 130 cm³/mol. The maximum Gasteiger partial charge on any atom is 0.161 e.